The Morgan fingerprint density at radius 2 is 1.20 bits per heavy atom. The molecule has 0 atom stereocenters. The summed E-state index contributed by atoms with van der Waals surface area (Å²) in [6, 6.07) is 0. The first-order valence-electron chi connectivity index (χ1n) is 4.27. The van der Waals surface area contributed by atoms with Gasteiger partial charge in [0.2, 0.25) is 0 Å². The van der Waals surface area contributed by atoms with Crippen LogP contribution in [0.25, 0.3) is 31.3 Å². The topological polar surface area (TPSA) is 146 Å². The van der Waals surface area contributed by atoms with E-state index in [9.17, 15) is 0 Å². The van der Waals surface area contributed by atoms with Gasteiger partial charge in [0.1, 0.15) is 0 Å². The molecule has 0 saturated carbocycles. The Hall–Kier alpha value is -2.07. The number of hydrogen-bond acceptors (Lipinski definition) is 3. The van der Waals surface area contributed by atoms with Crippen molar-refractivity contribution in [1.29, 1.82) is 0 Å². The van der Waals surface area contributed by atoms with E-state index in [4.69, 9.17) is 16.6 Å². The van der Waals surface area contributed by atoms with E-state index in [-0.39, 0.29) is 19.6 Å². The van der Waals surface area contributed by atoms with E-state index in [1.807, 2.05) is 6.92 Å². The van der Waals surface area contributed by atoms with Crippen molar-refractivity contribution in [3.8, 4) is 0 Å². The van der Waals surface area contributed by atoms with Crippen LogP contribution >= 0.6 is 0 Å². The first kappa shape index (κ1) is 12.9. The lowest BCUT2D eigenvalue weighted by atomic mass is 9.85. The van der Waals surface area contributed by atoms with Gasteiger partial charge in [-0.05, 0) is 22.0 Å². The van der Waals surface area contributed by atoms with Gasteiger partial charge in [0.15, 0.2) is 0 Å². The van der Waals surface area contributed by atoms with Crippen LogP contribution in [0.1, 0.15) is 13.3 Å². The molecule has 9 nitrogen and oxygen atoms in total. The summed E-state index contributed by atoms with van der Waals surface area (Å²) in [5, 5.41) is 10.3. The molecule has 0 aromatic carbocycles. The molecule has 0 heterocycles. The fraction of sp³-hybridized carbons (Fsp3) is 1.00. The molecular weight excluding hydrogens is 198 g/mol. The number of rotatable bonds is 7. The van der Waals surface area contributed by atoms with Gasteiger partial charge in [-0.25, -0.2) is 0 Å². The van der Waals surface area contributed by atoms with Crippen molar-refractivity contribution in [3.05, 3.63) is 31.3 Å². The van der Waals surface area contributed by atoms with Gasteiger partial charge in [0.05, 0.1) is 0 Å². The molecule has 0 saturated heterocycles. The predicted octanol–water partition coefficient (Wildman–Crippen LogP) is 3.31. The molecule has 0 aliphatic rings. The molecule has 0 fully saturated rings. The third kappa shape index (κ3) is 4.64. The molecule has 0 rings (SSSR count). The SMILES string of the molecule is CCC(CN=[N+]=[N-])(CN=[N+]=[N-])CN=[N+]=[N-]. The molecule has 15 heavy (non-hydrogen) atoms. The lowest BCUT2D eigenvalue weighted by Gasteiger charge is -2.27. The predicted molar refractivity (Wildman–Crippen MR) is 54.8 cm³/mol. The summed E-state index contributed by atoms with van der Waals surface area (Å²) in [6.07, 6.45) is 0.601. The summed E-state index contributed by atoms with van der Waals surface area (Å²) in [4.78, 5) is 7.92. The number of nitrogens with zero attached hydrogens (tertiary/aromatic N) is 9. The van der Waals surface area contributed by atoms with Crippen molar-refractivity contribution >= 4 is 0 Å². The third-order valence-electron chi connectivity index (χ3n) is 2.16. The van der Waals surface area contributed by atoms with E-state index in [1.54, 1.807) is 0 Å². The molecule has 0 radical (unpaired) electrons. The van der Waals surface area contributed by atoms with Crippen molar-refractivity contribution < 1.29 is 0 Å². The van der Waals surface area contributed by atoms with Crippen LogP contribution in [0.15, 0.2) is 15.3 Å². The maximum atomic E-state index is 8.23. The van der Waals surface area contributed by atoms with E-state index in [0.29, 0.717) is 6.42 Å². The Balaban J connectivity index is 4.78. The van der Waals surface area contributed by atoms with Gasteiger partial charge in [0.25, 0.3) is 0 Å². The van der Waals surface area contributed by atoms with Gasteiger partial charge in [-0.3, -0.25) is 0 Å². The second-order valence-corrected chi connectivity index (χ2v) is 3.02. The highest BCUT2D eigenvalue weighted by molar-refractivity contribution is 4.85. The van der Waals surface area contributed by atoms with Crippen molar-refractivity contribution in [2.75, 3.05) is 19.6 Å². The van der Waals surface area contributed by atoms with Crippen molar-refractivity contribution in [1.82, 2.24) is 0 Å². The van der Waals surface area contributed by atoms with Gasteiger partial charge >= 0.3 is 0 Å². The molecule has 0 aliphatic carbocycles. The largest absolute Gasteiger partial charge is 0.0934 e. The minimum Gasteiger partial charge on any atom is -0.0934 e. The Labute approximate surface area is 86.0 Å². The molecule has 0 N–H and O–H groups in total. The van der Waals surface area contributed by atoms with E-state index >= 15 is 0 Å². The second kappa shape index (κ2) is 7.34. The molecule has 0 aliphatic heterocycles. The van der Waals surface area contributed by atoms with Crippen LogP contribution in [0.4, 0.5) is 0 Å². The van der Waals surface area contributed by atoms with E-state index in [1.165, 1.54) is 0 Å². The van der Waals surface area contributed by atoms with Crippen molar-refractivity contribution in [2.24, 2.45) is 20.8 Å². The number of azide groups is 3. The molecule has 0 spiro atoms. The van der Waals surface area contributed by atoms with Crippen LogP contribution in [-0.2, 0) is 0 Å². The molecule has 0 aromatic heterocycles. The molecule has 80 valence electrons. The average molecular weight is 209 g/mol. The van der Waals surface area contributed by atoms with Crippen LogP contribution in [0.2, 0.25) is 0 Å². The lowest BCUT2D eigenvalue weighted by molar-refractivity contribution is 0.308. The Kier molecular flexibility index (Phi) is 6.33. The summed E-state index contributed by atoms with van der Waals surface area (Å²) in [6.45, 7) is 2.31. The highest BCUT2D eigenvalue weighted by atomic mass is 15.2. The fourth-order valence-electron chi connectivity index (χ4n) is 1.03. The average Bonchev–Trinajstić information content (AvgIpc) is 2.29. The van der Waals surface area contributed by atoms with Crippen molar-refractivity contribution in [3.63, 3.8) is 0 Å². The normalized spacial score (nSPS) is 12.6. The van der Waals surface area contributed by atoms with Crippen LogP contribution in [0.3, 0.4) is 0 Å². The molecular formula is C6H11N9. The summed E-state index contributed by atoms with van der Waals surface area (Å²) < 4.78 is 0. The van der Waals surface area contributed by atoms with Gasteiger partial charge in [-0.15, -0.1) is 0 Å². The van der Waals surface area contributed by atoms with Crippen LogP contribution in [0.5, 0.6) is 0 Å². The zero-order chi connectivity index (χ0) is 11.6. The lowest BCUT2D eigenvalue weighted by Crippen LogP contribution is -2.30. The minimum atomic E-state index is -0.565. The second-order valence-electron chi connectivity index (χ2n) is 3.02. The molecule has 0 bridgehead atoms. The quantitative estimate of drug-likeness (QED) is 0.343. The van der Waals surface area contributed by atoms with E-state index < -0.39 is 5.41 Å². The smallest absolute Gasteiger partial charge is 0.0317 e. The summed E-state index contributed by atoms with van der Waals surface area (Å²) >= 11 is 0. The Bertz CT molecular complexity index is 278. The Morgan fingerprint density at radius 3 is 1.40 bits per heavy atom. The monoisotopic (exact) mass is 209 g/mol. The molecule has 0 aromatic rings. The van der Waals surface area contributed by atoms with E-state index in [2.05, 4.69) is 30.1 Å². The Morgan fingerprint density at radius 1 is 0.867 bits per heavy atom. The maximum Gasteiger partial charge on any atom is 0.0317 e. The summed E-state index contributed by atoms with van der Waals surface area (Å²) in [7, 11) is 0. The zero-order valence-corrected chi connectivity index (χ0v) is 8.35. The number of hydrogen-bond donors (Lipinski definition) is 0. The van der Waals surface area contributed by atoms with Crippen LogP contribution in [-0.4, -0.2) is 19.6 Å². The van der Waals surface area contributed by atoms with Gasteiger partial charge in [-0.2, -0.15) is 0 Å². The first-order chi connectivity index (χ1) is 7.24. The van der Waals surface area contributed by atoms with Gasteiger partial charge in [0, 0.05) is 34.4 Å². The highest BCUT2D eigenvalue weighted by Gasteiger charge is 2.25. The molecule has 0 unspecified atom stereocenters. The maximum absolute atomic E-state index is 8.23. The highest BCUT2D eigenvalue weighted by Crippen LogP contribution is 2.24. The molecule has 9 heteroatoms. The van der Waals surface area contributed by atoms with Gasteiger partial charge in [-0.1, -0.05) is 28.7 Å². The van der Waals surface area contributed by atoms with Gasteiger partial charge < -0.3 is 0 Å². The summed E-state index contributed by atoms with van der Waals surface area (Å²) in [5.74, 6) is 0. The minimum absolute atomic E-state index is 0.151. The van der Waals surface area contributed by atoms with Crippen molar-refractivity contribution in [2.45, 2.75) is 13.3 Å². The fourth-order valence-corrected chi connectivity index (χ4v) is 1.03. The van der Waals surface area contributed by atoms with E-state index in [0.717, 1.165) is 0 Å². The van der Waals surface area contributed by atoms with Crippen LogP contribution in [0, 0.1) is 5.41 Å². The van der Waals surface area contributed by atoms with Crippen LogP contribution < -0.4 is 0 Å². The standard InChI is InChI=1S/C6H11N9/c1-2-6(3-10-13-7,4-11-14-8)5-12-15-9/h2-5H2,1H3. The first-order valence-corrected chi connectivity index (χ1v) is 4.27. The third-order valence-corrected chi connectivity index (χ3v) is 2.16. The zero-order valence-electron chi connectivity index (χ0n) is 8.35. The summed E-state index contributed by atoms with van der Waals surface area (Å²) in [5.41, 5.74) is 24.1. The molecule has 0 amide bonds.